The smallest absolute Gasteiger partial charge is 0.264 e. The van der Waals surface area contributed by atoms with Gasteiger partial charge in [0, 0.05) is 29.1 Å². The van der Waals surface area contributed by atoms with E-state index in [0.29, 0.717) is 21.4 Å². The summed E-state index contributed by atoms with van der Waals surface area (Å²) in [5.74, 6) is -0.708. The molecule has 4 aromatic carbocycles. The second-order valence-corrected chi connectivity index (χ2v) is 13.9. The number of nitrogens with one attached hydrogen (secondary N) is 1. The van der Waals surface area contributed by atoms with E-state index in [9.17, 15) is 18.0 Å². The van der Waals surface area contributed by atoms with Crippen LogP contribution in [0.4, 0.5) is 5.69 Å². The van der Waals surface area contributed by atoms with Crippen LogP contribution in [-0.2, 0) is 32.6 Å². The quantitative estimate of drug-likeness (QED) is 0.162. The lowest BCUT2D eigenvalue weighted by atomic mass is 10.0. The third kappa shape index (κ3) is 8.73. The van der Waals surface area contributed by atoms with Gasteiger partial charge in [-0.05, 0) is 67.4 Å². The topological polar surface area (TPSA) is 96.0 Å². The fourth-order valence-electron chi connectivity index (χ4n) is 4.83. The highest BCUT2D eigenvalue weighted by atomic mass is 35.5. The van der Waals surface area contributed by atoms with Crippen LogP contribution in [0.25, 0.3) is 0 Å². The number of rotatable bonds is 13. The molecule has 242 valence electrons. The maximum Gasteiger partial charge on any atom is 0.264 e. The lowest BCUT2D eigenvalue weighted by Crippen LogP contribution is -2.54. The molecular weight excluding hydrogens is 669 g/mol. The molecule has 0 aromatic heterocycles. The summed E-state index contributed by atoms with van der Waals surface area (Å²) in [5.41, 5.74) is 1.47. The van der Waals surface area contributed by atoms with Crippen molar-refractivity contribution in [1.29, 1.82) is 0 Å². The molecule has 2 amide bonds. The van der Waals surface area contributed by atoms with Gasteiger partial charge in [-0.15, -0.1) is 0 Å². The van der Waals surface area contributed by atoms with Crippen LogP contribution in [-0.4, -0.2) is 50.9 Å². The largest absolute Gasteiger partial charge is 0.495 e. The highest BCUT2D eigenvalue weighted by Crippen LogP contribution is 2.32. The fourth-order valence-corrected chi connectivity index (χ4v) is 6.97. The van der Waals surface area contributed by atoms with Gasteiger partial charge in [0.2, 0.25) is 11.8 Å². The third-order valence-corrected chi connectivity index (χ3v) is 9.76. The van der Waals surface area contributed by atoms with Crippen molar-refractivity contribution in [3.05, 3.63) is 123 Å². The molecule has 4 aromatic rings. The second-order valence-electron chi connectivity index (χ2n) is 10.8. The van der Waals surface area contributed by atoms with Gasteiger partial charge in [-0.2, -0.15) is 0 Å². The fraction of sp³-hybridized carbons (Fsp3) is 0.235. The van der Waals surface area contributed by atoms with E-state index in [1.807, 2.05) is 44.2 Å². The number of carbonyl (C=O) groups excluding carboxylic acids is 2. The first-order valence-corrected chi connectivity index (χ1v) is 17.0. The van der Waals surface area contributed by atoms with Crippen LogP contribution in [0.5, 0.6) is 5.75 Å². The van der Waals surface area contributed by atoms with Crippen molar-refractivity contribution in [3.63, 3.8) is 0 Å². The summed E-state index contributed by atoms with van der Waals surface area (Å²) < 4.78 is 34.5. The van der Waals surface area contributed by atoms with Crippen LogP contribution in [0, 0.1) is 0 Å². The van der Waals surface area contributed by atoms with Crippen LogP contribution < -0.4 is 14.4 Å². The van der Waals surface area contributed by atoms with Crippen molar-refractivity contribution in [2.45, 2.75) is 43.8 Å². The molecule has 0 heterocycles. The van der Waals surface area contributed by atoms with E-state index in [4.69, 9.17) is 39.5 Å². The third-order valence-electron chi connectivity index (χ3n) is 7.09. The molecule has 0 bridgehead atoms. The van der Waals surface area contributed by atoms with E-state index in [0.717, 1.165) is 9.87 Å². The molecule has 46 heavy (non-hydrogen) atoms. The van der Waals surface area contributed by atoms with Crippen molar-refractivity contribution < 1.29 is 22.7 Å². The first-order valence-electron chi connectivity index (χ1n) is 14.4. The summed E-state index contributed by atoms with van der Waals surface area (Å²) in [5, 5.41) is 3.77. The van der Waals surface area contributed by atoms with Gasteiger partial charge in [-0.3, -0.25) is 13.9 Å². The van der Waals surface area contributed by atoms with E-state index < -0.39 is 34.4 Å². The van der Waals surface area contributed by atoms with E-state index in [2.05, 4.69) is 5.32 Å². The van der Waals surface area contributed by atoms with E-state index in [1.165, 1.54) is 42.3 Å². The molecule has 1 N–H and O–H groups in total. The number of sulfonamides is 1. The number of halogens is 3. The number of amides is 2. The van der Waals surface area contributed by atoms with Gasteiger partial charge >= 0.3 is 0 Å². The maximum absolute atomic E-state index is 14.5. The van der Waals surface area contributed by atoms with Crippen molar-refractivity contribution >= 4 is 62.3 Å². The summed E-state index contributed by atoms with van der Waals surface area (Å²) in [6.07, 6.45) is 0.163. The van der Waals surface area contributed by atoms with Crippen LogP contribution in [0.3, 0.4) is 0 Å². The summed E-state index contributed by atoms with van der Waals surface area (Å²) in [6, 6.07) is 25.1. The number of anilines is 1. The Morgan fingerprint density at radius 2 is 1.50 bits per heavy atom. The molecule has 0 radical (unpaired) electrons. The van der Waals surface area contributed by atoms with Crippen molar-refractivity contribution in [1.82, 2.24) is 10.2 Å². The number of hydrogen-bond acceptors (Lipinski definition) is 5. The average Bonchev–Trinajstić information content (AvgIpc) is 3.02. The Morgan fingerprint density at radius 3 is 2.09 bits per heavy atom. The minimum Gasteiger partial charge on any atom is -0.495 e. The molecule has 4 rings (SSSR count). The predicted octanol–water partition coefficient (Wildman–Crippen LogP) is 7.02. The van der Waals surface area contributed by atoms with E-state index in [1.54, 1.807) is 36.4 Å². The van der Waals surface area contributed by atoms with Gasteiger partial charge in [0.1, 0.15) is 18.3 Å². The number of nitrogens with zero attached hydrogens (tertiary/aromatic N) is 2. The molecule has 0 aliphatic carbocycles. The number of hydrogen-bond donors (Lipinski definition) is 1. The molecule has 0 fully saturated rings. The van der Waals surface area contributed by atoms with Gasteiger partial charge in [-0.1, -0.05) is 89.4 Å². The zero-order chi connectivity index (χ0) is 33.4. The molecule has 0 spiro atoms. The Balaban J connectivity index is 1.84. The minimum absolute atomic E-state index is 0.0274. The second kappa shape index (κ2) is 15.7. The summed E-state index contributed by atoms with van der Waals surface area (Å²) >= 11 is 19.1. The normalized spacial score (nSPS) is 12.0. The highest BCUT2D eigenvalue weighted by Gasteiger charge is 2.35. The summed E-state index contributed by atoms with van der Waals surface area (Å²) in [6.45, 7) is 2.90. The number of methoxy groups -OCH3 is 1. The molecule has 8 nitrogen and oxygen atoms in total. The monoisotopic (exact) mass is 701 g/mol. The Labute approximate surface area is 284 Å². The van der Waals surface area contributed by atoms with Crippen LogP contribution in [0.1, 0.15) is 25.0 Å². The molecule has 0 saturated heterocycles. The molecule has 12 heteroatoms. The minimum atomic E-state index is -4.29. The highest BCUT2D eigenvalue weighted by molar-refractivity contribution is 7.92. The predicted molar refractivity (Wildman–Crippen MR) is 183 cm³/mol. The van der Waals surface area contributed by atoms with E-state index >= 15 is 0 Å². The zero-order valence-electron chi connectivity index (χ0n) is 25.5. The van der Waals surface area contributed by atoms with Crippen molar-refractivity contribution in [2.75, 3.05) is 18.0 Å². The Hall–Kier alpha value is -3.76. The van der Waals surface area contributed by atoms with Gasteiger partial charge in [0.15, 0.2) is 0 Å². The van der Waals surface area contributed by atoms with Crippen LogP contribution in [0.2, 0.25) is 15.1 Å². The van der Waals surface area contributed by atoms with Gasteiger partial charge in [0.05, 0.1) is 22.7 Å². The molecule has 0 unspecified atom stereocenters. The summed E-state index contributed by atoms with van der Waals surface area (Å²) in [7, 11) is -2.84. The Morgan fingerprint density at radius 1 is 0.848 bits per heavy atom. The zero-order valence-corrected chi connectivity index (χ0v) is 28.6. The van der Waals surface area contributed by atoms with Crippen molar-refractivity contribution in [3.8, 4) is 5.75 Å². The molecule has 0 aliphatic rings. The lowest BCUT2D eigenvalue weighted by Gasteiger charge is -2.34. The Bertz CT molecular complexity index is 1770. The van der Waals surface area contributed by atoms with Crippen molar-refractivity contribution in [2.24, 2.45) is 0 Å². The average molecular weight is 703 g/mol. The Kier molecular flexibility index (Phi) is 12.0. The molecule has 1 atom stereocenters. The number of ether oxygens (including phenoxy) is 1. The standard InChI is InChI=1S/C34H34Cl3N3O5S/c1-23(2)38-34(42)31(18-24-10-6-4-7-11-24)39(21-25-14-15-26(35)19-29(25)36)33(41)22-40(27-16-17-32(45-3)30(37)20-27)46(43,44)28-12-8-5-9-13-28/h4-17,19-20,23,31H,18,21-22H2,1-3H3,(H,38,42)/t31-/m1/s1. The lowest BCUT2D eigenvalue weighted by molar-refractivity contribution is -0.140. The number of benzene rings is 4. The molecular formula is C34H34Cl3N3O5S. The van der Waals surface area contributed by atoms with E-state index in [-0.39, 0.29) is 34.6 Å². The maximum atomic E-state index is 14.5. The summed E-state index contributed by atoms with van der Waals surface area (Å²) in [4.78, 5) is 29.7. The molecule has 0 aliphatic heterocycles. The SMILES string of the molecule is COc1ccc(N(CC(=O)N(Cc2ccc(Cl)cc2Cl)[C@H](Cc2ccccc2)C(=O)NC(C)C)S(=O)(=O)c2ccccc2)cc1Cl. The first-order chi connectivity index (χ1) is 21.9. The van der Waals surface area contributed by atoms with Crippen LogP contribution in [0.15, 0.2) is 102 Å². The van der Waals surface area contributed by atoms with Gasteiger partial charge in [-0.25, -0.2) is 8.42 Å². The molecule has 0 saturated carbocycles. The van der Waals surface area contributed by atoms with Gasteiger partial charge < -0.3 is 15.0 Å². The first kappa shape index (κ1) is 35.1. The van der Waals surface area contributed by atoms with Gasteiger partial charge in [0.25, 0.3) is 10.0 Å². The number of carbonyl (C=O) groups is 2. The van der Waals surface area contributed by atoms with Crippen LogP contribution >= 0.6 is 34.8 Å².